The summed E-state index contributed by atoms with van der Waals surface area (Å²) < 4.78 is 0. The predicted octanol–water partition coefficient (Wildman–Crippen LogP) is 4.27. The zero-order valence-electron chi connectivity index (χ0n) is 11.7. The minimum atomic E-state index is -0.143. The second-order valence-corrected chi connectivity index (χ2v) is 5.41. The lowest BCUT2D eigenvalue weighted by molar-refractivity contribution is 0.177. The molecule has 0 saturated carbocycles. The van der Waals surface area contributed by atoms with Crippen LogP contribution in [0.4, 0.5) is 5.69 Å². The molecule has 1 aliphatic heterocycles. The molecule has 2 heteroatoms. The Kier molecular flexibility index (Phi) is 4.03. The number of hydrogen-bond acceptors (Lipinski definition) is 1. The van der Waals surface area contributed by atoms with E-state index in [2.05, 4.69) is 41.3 Å². The van der Waals surface area contributed by atoms with Gasteiger partial charge in [-0.25, -0.2) is 5.11 Å². The van der Waals surface area contributed by atoms with E-state index in [4.69, 9.17) is 0 Å². The van der Waals surface area contributed by atoms with E-state index in [0.29, 0.717) is 0 Å². The van der Waals surface area contributed by atoms with Gasteiger partial charge in [-0.1, -0.05) is 42.5 Å². The molecule has 103 valence electrons. The van der Waals surface area contributed by atoms with Crippen LogP contribution in [0.15, 0.2) is 48.5 Å². The van der Waals surface area contributed by atoms with Crippen LogP contribution in [-0.4, -0.2) is 13.1 Å². The van der Waals surface area contributed by atoms with Gasteiger partial charge in [0.2, 0.25) is 0 Å². The van der Waals surface area contributed by atoms with Crippen molar-refractivity contribution in [2.45, 2.75) is 25.9 Å². The molecule has 1 fully saturated rings. The highest BCUT2D eigenvalue weighted by molar-refractivity contribution is 5.79. The first-order valence-electron chi connectivity index (χ1n) is 7.40. The molecule has 2 nitrogen and oxygen atoms in total. The van der Waals surface area contributed by atoms with Crippen molar-refractivity contribution in [3.63, 3.8) is 0 Å². The molecule has 0 bridgehead atoms. The van der Waals surface area contributed by atoms with E-state index >= 15 is 0 Å². The van der Waals surface area contributed by atoms with Gasteiger partial charge >= 0.3 is 0 Å². The fraction of sp³-hybridized carbons (Fsp3) is 0.333. The molecule has 2 aromatic carbocycles. The maximum absolute atomic E-state index is 11.2. The Bertz CT molecular complexity index is 559. The molecule has 0 amide bonds. The van der Waals surface area contributed by atoms with E-state index in [0.717, 1.165) is 18.7 Å². The van der Waals surface area contributed by atoms with Crippen LogP contribution in [0, 0.1) is 0 Å². The maximum Gasteiger partial charge on any atom is 0.107 e. The van der Waals surface area contributed by atoms with Gasteiger partial charge in [0.15, 0.2) is 0 Å². The predicted molar refractivity (Wildman–Crippen MR) is 82.3 cm³/mol. The SMILES string of the molecule is [O]Cc1ccc(-c2ccccc2)c(N2CCCCC2)c1. The van der Waals surface area contributed by atoms with Crippen LogP contribution in [-0.2, 0) is 11.7 Å². The minimum absolute atomic E-state index is 0.143. The molecule has 2 aromatic rings. The Morgan fingerprint density at radius 1 is 0.900 bits per heavy atom. The van der Waals surface area contributed by atoms with Crippen molar-refractivity contribution in [1.29, 1.82) is 0 Å². The van der Waals surface area contributed by atoms with Gasteiger partial charge in [-0.3, -0.25) is 0 Å². The Morgan fingerprint density at radius 3 is 2.35 bits per heavy atom. The number of benzene rings is 2. The average Bonchev–Trinajstić information content (AvgIpc) is 2.56. The van der Waals surface area contributed by atoms with Crippen molar-refractivity contribution in [3.05, 3.63) is 54.1 Å². The van der Waals surface area contributed by atoms with Gasteiger partial charge in [0.1, 0.15) is 6.61 Å². The minimum Gasteiger partial charge on any atom is -0.371 e. The molecule has 0 atom stereocenters. The van der Waals surface area contributed by atoms with Crippen molar-refractivity contribution in [3.8, 4) is 11.1 Å². The highest BCUT2D eigenvalue weighted by atomic mass is 16.3. The Labute approximate surface area is 120 Å². The van der Waals surface area contributed by atoms with Gasteiger partial charge in [-0.05, 0) is 36.5 Å². The molecular formula is C18H20NO. The molecule has 1 saturated heterocycles. The molecule has 20 heavy (non-hydrogen) atoms. The highest BCUT2D eigenvalue weighted by Gasteiger charge is 2.16. The van der Waals surface area contributed by atoms with Crippen molar-refractivity contribution in [2.75, 3.05) is 18.0 Å². The molecule has 0 N–H and O–H groups in total. The number of hydrogen-bond donors (Lipinski definition) is 0. The summed E-state index contributed by atoms with van der Waals surface area (Å²) in [6.45, 7) is 2.06. The largest absolute Gasteiger partial charge is 0.371 e. The monoisotopic (exact) mass is 266 g/mol. The molecule has 1 radical (unpaired) electrons. The van der Waals surface area contributed by atoms with Crippen molar-refractivity contribution in [1.82, 2.24) is 0 Å². The van der Waals surface area contributed by atoms with Gasteiger partial charge in [0.05, 0.1) is 0 Å². The van der Waals surface area contributed by atoms with Crippen LogP contribution in [0.2, 0.25) is 0 Å². The van der Waals surface area contributed by atoms with Crippen LogP contribution in [0.1, 0.15) is 24.8 Å². The second-order valence-electron chi connectivity index (χ2n) is 5.41. The summed E-state index contributed by atoms with van der Waals surface area (Å²) in [6.07, 6.45) is 3.81. The smallest absolute Gasteiger partial charge is 0.107 e. The fourth-order valence-corrected chi connectivity index (χ4v) is 2.93. The molecular weight excluding hydrogens is 246 g/mol. The molecule has 3 rings (SSSR count). The first-order valence-corrected chi connectivity index (χ1v) is 7.40. The van der Waals surface area contributed by atoms with Crippen molar-refractivity contribution >= 4 is 5.69 Å². The summed E-state index contributed by atoms with van der Waals surface area (Å²) in [5, 5.41) is 11.2. The first-order chi connectivity index (χ1) is 9.88. The summed E-state index contributed by atoms with van der Waals surface area (Å²) in [4.78, 5) is 2.44. The lowest BCUT2D eigenvalue weighted by atomic mass is 9.99. The third-order valence-corrected chi connectivity index (χ3v) is 4.01. The van der Waals surface area contributed by atoms with Gasteiger partial charge in [-0.2, -0.15) is 0 Å². The summed E-state index contributed by atoms with van der Waals surface area (Å²) in [5.41, 5.74) is 4.57. The van der Waals surface area contributed by atoms with E-state index in [1.54, 1.807) is 0 Å². The normalized spacial score (nSPS) is 15.3. The average molecular weight is 266 g/mol. The Morgan fingerprint density at radius 2 is 1.65 bits per heavy atom. The Balaban J connectivity index is 2.04. The zero-order valence-corrected chi connectivity index (χ0v) is 11.7. The van der Waals surface area contributed by atoms with Crippen molar-refractivity contribution in [2.24, 2.45) is 0 Å². The van der Waals surface area contributed by atoms with Crippen LogP contribution in [0.25, 0.3) is 11.1 Å². The molecule has 1 heterocycles. The topological polar surface area (TPSA) is 23.1 Å². The second kappa shape index (κ2) is 6.10. The molecule has 0 unspecified atom stereocenters. The lowest BCUT2D eigenvalue weighted by Gasteiger charge is -2.31. The third kappa shape index (κ3) is 2.70. The maximum atomic E-state index is 11.2. The van der Waals surface area contributed by atoms with Crippen LogP contribution in [0.5, 0.6) is 0 Å². The van der Waals surface area contributed by atoms with E-state index in [-0.39, 0.29) is 6.61 Å². The van der Waals surface area contributed by atoms with Crippen LogP contribution in [0.3, 0.4) is 0 Å². The number of rotatable bonds is 3. The molecule has 0 aromatic heterocycles. The van der Waals surface area contributed by atoms with Gasteiger partial charge in [0, 0.05) is 24.3 Å². The van der Waals surface area contributed by atoms with E-state index in [9.17, 15) is 5.11 Å². The van der Waals surface area contributed by atoms with Crippen LogP contribution < -0.4 is 4.90 Å². The molecule has 1 aliphatic rings. The summed E-state index contributed by atoms with van der Waals surface area (Å²) in [5.74, 6) is 0. The standard InChI is InChI=1S/C18H20NO/c20-14-15-9-10-17(16-7-3-1-4-8-16)18(13-15)19-11-5-2-6-12-19/h1,3-4,7-10,13H,2,5-6,11-12,14H2. The Hall–Kier alpha value is -1.80. The number of nitrogens with zero attached hydrogens (tertiary/aromatic N) is 1. The zero-order chi connectivity index (χ0) is 13.8. The fourth-order valence-electron chi connectivity index (χ4n) is 2.93. The molecule has 0 aliphatic carbocycles. The highest BCUT2D eigenvalue weighted by Crippen LogP contribution is 2.33. The van der Waals surface area contributed by atoms with Crippen molar-refractivity contribution < 1.29 is 5.11 Å². The van der Waals surface area contributed by atoms with Crippen LogP contribution >= 0.6 is 0 Å². The summed E-state index contributed by atoms with van der Waals surface area (Å²) in [6, 6.07) is 16.6. The first kappa shape index (κ1) is 13.2. The molecule has 0 spiro atoms. The van der Waals surface area contributed by atoms with E-state index in [1.165, 1.54) is 36.1 Å². The van der Waals surface area contributed by atoms with Gasteiger partial charge < -0.3 is 4.90 Å². The van der Waals surface area contributed by atoms with Gasteiger partial charge in [0.25, 0.3) is 0 Å². The van der Waals surface area contributed by atoms with E-state index in [1.807, 2.05) is 12.1 Å². The summed E-state index contributed by atoms with van der Waals surface area (Å²) in [7, 11) is 0. The van der Waals surface area contributed by atoms with Gasteiger partial charge in [-0.15, -0.1) is 0 Å². The lowest BCUT2D eigenvalue weighted by Crippen LogP contribution is -2.29. The quantitative estimate of drug-likeness (QED) is 0.813. The summed E-state index contributed by atoms with van der Waals surface area (Å²) >= 11 is 0. The van der Waals surface area contributed by atoms with E-state index < -0.39 is 0 Å². The number of anilines is 1. The number of piperidine rings is 1. The third-order valence-electron chi connectivity index (χ3n) is 4.01.